The van der Waals surface area contributed by atoms with E-state index in [4.69, 9.17) is 0 Å². The van der Waals surface area contributed by atoms with Crippen molar-refractivity contribution in [2.24, 2.45) is 4.99 Å². The van der Waals surface area contributed by atoms with Gasteiger partial charge in [0.15, 0.2) is 0 Å². The van der Waals surface area contributed by atoms with Gasteiger partial charge in [0.2, 0.25) is 0 Å². The summed E-state index contributed by atoms with van der Waals surface area (Å²) in [5.41, 5.74) is 4.54. The van der Waals surface area contributed by atoms with E-state index in [2.05, 4.69) is 20.7 Å². The van der Waals surface area contributed by atoms with Crippen LogP contribution < -0.4 is 10.9 Å². The number of hydrogen-bond donors (Lipinski definition) is 2. The van der Waals surface area contributed by atoms with E-state index < -0.39 is 17.8 Å². The zero-order chi connectivity index (χ0) is 20.8. The Bertz CT molecular complexity index is 982. The minimum absolute atomic E-state index is 0.0510. The van der Waals surface area contributed by atoms with Gasteiger partial charge in [-0.25, -0.2) is 9.79 Å². The smallest absolute Gasteiger partial charge is 0.347 e. The third kappa shape index (κ3) is 5.14. The average Bonchev–Trinajstić information content (AvgIpc) is 3.05. The monoisotopic (exact) mass is 392 g/mol. The van der Waals surface area contributed by atoms with Crippen LogP contribution in [-0.4, -0.2) is 35.6 Å². The van der Waals surface area contributed by atoms with E-state index in [9.17, 15) is 14.4 Å². The normalized spacial score (nSPS) is 15.4. The summed E-state index contributed by atoms with van der Waals surface area (Å²) in [7, 11) is 1.54. The lowest BCUT2D eigenvalue weighted by atomic mass is 10.1. The van der Waals surface area contributed by atoms with Crippen LogP contribution in [0.15, 0.2) is 71.4 Å². The van der Waals surface area contributed by atoms with Crippen LogP contribution in [0.1, 0.15) is 21.5 Å². The van der Waals surface area contributed by atoms with Crippen LogP contribution in [0.4, 0.5) is 0 Å². The summed E-state index contributed by atoms with van der Waals surface area (Å²) < 4.78 is 0. The molecule has 0 bridgehead atoms. The predicted octanol–water partition coefficient (Wildman–Crippen LogP) is 1.68. The minimum Gasteiger partial charge on any atom is -0.347 e. The SMILES string of the molecule is Cc1ccc(CNC(=O)C(/C=C2/C(=O)ONN2C)=NC(=O)c2ccccc2)cc1. The van der Waals surface area contributed by atoms with Gasteiger partial charge in [-0.05, 0) is 24.6 Å². The van der Waals surface area contributed by atoms with Crippen molar-refractivity contribution < 1.29 is 19.2 Å². The largest absolute Gasteiger partial charge is 0.376 e. The molecular weight excluding hydrogens is 372 g/mol. The van der Waals surface area contributed by atoms with Gasteiger partial charge in [-0.2, -0.15) is 0 Å². The van der Waals surface area contributed by atoms with E-state index in [1.807, 2.05) is 31.2 Å². The van der Waals surface area contributed by atoms with Gasteiger partial charge in [0.1, 0.15) is 11.4 Å². The molecule has 2 amide bonds. The number of carbonyl (C=O) groups excluding carboxylic acids is 3. The Balaban J connectivity index is 1.85. The Labute approximate surface area is 167 Å². The molecule has 0 unspecified atom stereocenters. The number of carbonyl (C=O) groups is 3. The molecule has 1 fully saturated rings. The van der Waals surface area contributed by atoms with Crippen molar-refractivity contribution in [3.05, 3.63) is 83.1 Å². The molecule has 1 saturated heterocycles. The number of likely N-dealkylation sites (N-methyl/N-ethyl adjacent to an activating group) is 1. The number of aryl methyl sites for hydroxylation is 1. The first kappa shape index (κ1) is 20.0. The molecule has 1 aliphatic heterocycles. The van der Waals surface area contributed by atoms with Crippen molar-refractivity contribution in [1.82, 2.24) is 15.9 Å². The van der Waals surface area contributed by atoms with Crippen LogP contribution in [0.25, 0.3) is 0 Å². The summed E-state index contributed by atoms with van der Waals surface area (Å²) in [5, 5.41) is 4.01. The van der Waals surface area contributed by atoms with Gasteiger partial charge >= 0.3 is 5.97 Å². The number of benzene rings is 2. The first-order chi connectivity index (χ1) is 13.9. The standard InChI is InChI=1S/C21H20N4O4/c1-14-8-10-15(11-9-14)13-22-20(27)17(12-18-21(28)29-24-25(18)2)23-19(26)16-6-4-3-5-7-16/h3-12,24H,13H2,1-2H3,(H,22,27)/b18-12-,23-17?. The Hall–Kier alpha value is -3.78. The highest BCUT2D eigenvalue weighted by molar-refractivity contribution is 6.45. The maximum Gasteiger partial charge on any atom is 0.376 e. The summed E-state index contributed by atoms with van der Waals surface area (Å²) in [6, 6.07) is 16.0. The molecule has 2 N–H and O–H groups in total. The summed E-state index contributed by atoms with van der Waals surface area (Å²) in [4.78, 5) is 45.6. The maximum atomic E-state index is 12.7. The Kier molecular flexibility index (Phi) is 6.16. The first-order valence-corrected chi connectivity index (χ1v) is 8.88. The van der Waals surface area contributed by atoms with Gasteiger partial charge in [0.05, 0.1) is 0 Å². The predicted molar refractivity (Wildman–Crippen MR) is 106 cm³/mol. The van der Waals surface area contributed by atoms with E-state index in [0.29, 0.717) is 5.56 Å². The second-order valence-electron chi connectivity index (χ2n) is 6.41. The summed E-state index contributed by atoms with van der Waals surface area (Å²) in [6.07, 6.45) is 1.22. The van der Waals surface area contributed by atoms with Crippen molar-refractivity contribution in [1.29, 1.82) is 0 Å². The van der Waals surface area contributed by atoms with Crippen LogP contribution in [0, 0.1) is 6.92 Å². The van der Waals surface area contributed by atoms with E-state index in [1.165, 1.54) is 18.1 Å². The van der Waals surface area contributed by atoms with Gasteiger partial charge in [-0.3, -0.25) is 14.6 Å². The summed E-state index contributed by atoms with van der Waals surface area (Å²) in [5.74, 6) is -1.86. The molecule has 0 aromatic heterocycles. The average molecular weight is 392 g/mol. The molecule has 1 aliphatic rings. The lowest BCUT2D eigenvalue weighted by Gasteiger charge is -2.09. The summed E-state index contributed by atoms with van der Waals surface area (Å²) >= 11 is 0. The summed E-state index contributed by atoms with van der Waals surface area (Å²) in [6.45, 7) is 2.22. The molecule has 2 aromatic rings. The first-order valence-electron chi connectivity index (χ1n) is 8.88. The number of hydrogen-bond acceptors (Lipinski definition) is 6. The highest BCUT2D eigenvalue weighted by Gasteiger charge is 2.26. The zero-order valence-electron chi connectivity index (χ0n) is 16.0. The molecule has 1 heterocycles. The molecule has 8 nitrogen and oxygen atoms in total. The van der Waals surface area contributed by atoms with Gasteiger partial charge in [-0.15, -0.1) is 0 Å². The van der Waals surface area contributed by atoms with Crippen molar-refractivity contribution in [3.63, 3.8) is 0 Å². The van der Waals surface area contributed by atoms with E-state index >= 15 is 0 Å². The number of rotatable bonds is 5. The van der Waals surface area contributed by atoms with Crippen molar-refractivity contribution in [3.8, 4) is 0 Å². The quantitative estimate of drug-likeness (QED) is 0.593. The number of nitrogens with one attached hydrogen (secondary N) is 2. The number of amides is 2. The number of hydrazine groups is 1. The molecule has 29 heavy (non-hydrogen) atoms. The maximum absolute atomic E-state index is 12.7. The fourth-order valence-electron chi connectivity index (χ4n) is 2.52. The van der Waals surface area contributed by atoms with Gasteiger partial charge in [0.25, 0.3) is 11.8 Å². The molecule has 148 valence electrons. The molecule has 0 aliphatic carbocycles. The van der Waals surface area contributed by atoms with Crippen LogP contribution in [0.3, 0.4) is 0 Å². The molecule has 0 spiro atoms. The molecule has 8 heteroatoms. The highest BCUT2D eigenvalue weighted by atomic mass is 16.7. The van der Waals surface area contributed by atoms with Crippen LogP contribution >= 0.6 is 0 Å². The molecule has 2 aromatic carbocycles. The van der Waals surface area contributed by atoms with Crippen LogP contribution in [-0.2, 0) is 21.0 Å². The lowest BCUT2D eigenvalue weighted by molar-refractivity contribution is -0.142. The fourth-order valence-corrected chi connectivity index (χ4v) is 2.52. The molecule has 0 radical (unpaired) electrons. The minimum atomic E-state index is -0.682. The van der Waals surface area contributed by atoms with E-state index in [0.717, 1.165) is 11.1 Å². The Morgan fingerprint density at radius 3 is 2.45 bits per heavy atom. The molecule has 3 rings (SSSR count). The van der Waals surface area contributed by atoms with Crippen LogP contribution in [0.2, 0.25) is 0 Å². The fraction of sp³-hybridized carbons (Fsp3) is 0.143. The van der Waals surface area contributed by atoms with E-state index in [-0.39, 0.29) is 18.0 Å². The second-order valence-corrected chi connectivity index (χ2v) is 6.41. The topological polar surface area (TPSA) is 100 Å². The Morgan fingerprint density at radius 1 is 1.14 bits per heavy atom. The highest BCUT2D eigenvalue weighted by Crippen LogP contribution is 2.10. The van der Waals surface area contributed by atoms with Crippen molar-refractivity contribution in [2.45, 2.75) is 13.5 Å². The third-order valence-electron chi connectivity index (χ3n) is 4.17. The molecular formula is C21H20N4O4. The van der Waals surface area contributed by atoms with Gasteiger partial charge < -0.3 is 10.2 Å². The zero-order valence-corrected chi connectivity index (χ0v) is 16.0. The van der Waals surface area contributed by atoms with Crippen molar-refractivity contribution in [2.75, 3.05) is 7.05 Å². The van der Waals surface area contributed by atoms with Gasteiger partial charge in [-0.1, -0.05) is 53.6 Å². The van der Waals surface area contributed by atoms with Crippen LogP contribution in [0.5, 0.6) is 0 Å². The van der Waals surface area contributed by atoms with Crippen molar-refractivity contribution >= 4 is 23.5 Å². The molecule has 0 atom stereocenters. The number of aliphatic imine (C=N–C) groups is 1. The molecule has 0 saturated carbocycles. The Morgan fingerprint density at radius 2 is 1.83 bits per heavy atom. The second kappa shape index (κ2) is 8.94. The third-order valence-corrected chi connectivity index (χ3v) is 4.17. The number of nitrogens with zero attached hydrogens (tertiary/aromatic N) is 2. The lowest BCUT2D eigenvalue weighted by Crippen LogP contribution is -2.32. The van der Waals surface area contributed by atoms with E-state index in [1.54, 1.807) is 30.3 Å². The van der Waals surface area contributed by atoms with Gasteiger partial charge in [0, 0.05) is 25.2 Å².